The minimum atomic E-state index is -0.712. The maximum Gasteiger partial charge on any atom is 0.323 e. The lowest BCUT2D eigenvalue weighted by molar-refractivity contribution is -0.149. The summed E-state index contributed by atoms with van der Waals surface area (Å²) in [6.45, 7) is 4.78. The number of carboxylic acid groups (broad SMARTS) is 1. The molecule has 0 aliphatic carbocycles. The van der Waals surface area contributed by atoms with Crippen molar-refractivity contribution in [1.82, 2.24) is 4.90 Å². The number of likely N-dealkylation sites (tertiary alicyclic amines) is 1. The summed E-state index contributed by atoms with van der Waals surface area (Å²) >= 11 is 5.12. The standard InChI is InChI=1S/C12H16BrNO2S/c1-8(10-6-9(13)7-17-10)14-5-3-4-12(14,2)11(15)16/h6-8H,3-5H2,1-2H3,(H,15,16). The number of aliphatic carboxylic acids is 1. The molecule has 1 saturated heterocycles. The van der Waals surface area contributed by atoms with E-state index in [0.717, 1.165) is 23.9 Å². The number of thiophene rings is 1. The topological polar surface area (TPSA) is 40.5 Å². The second-order valence-electron chi connectivity index (χ2n) is 4.72. The Morgan fingerprint density at radius 3 is 2.94 bits per heavy atom. The Bertz CT molecular complexity index is 434. The van der Waals surface area contributed by atoms with Crippen LogP contribution < -0.4 is 0 Å². The SMILES string of the molecule is CC(c1cc(Br)cs1)N1CCCC1(C)C(=O)O. The van der Waals surface area contributed by atoms with Crippen molar-refractivity contribution < 1.29 is 9.90 Å². The van der Waals surface area contributed by atoms with Crippen molar-refractivity contribution in [2.75, 3.05) is 6.54 Å². The van der Waals surface area contributed by atoms with Gasteiger partial charge in [-0.3, -0.25) is 9.69 Å². The molecule has 17 heavy (non-hydrogen) atoms. The van der Waals surface area contributed by atoms with Crippen molar-refractivity contribution in [1.29, 1.82) is 0 Å². The molecule has 0 aromatic carbocycles. The monoisotopic (exact) mass is 317 g/mol. The molecular formula is C12H16BrNO2S. The van der Waals surface area contributed by atoms with Crippen molar-refractivity contribution in [2.45, 2.75) is 38.3 Å². The molecule has 1 aromatic rings. The predicted octanol–water partition coefficient (Wildman–Crippen LogP) is 3.51. The number of carboxylic acids is 1. The van der Waals surface area contributed by atoms with Crippen LogP contribution in [0, 0.1) is 0 Å². The maximum absolute atomic E-state index is 11.4. The molecule has 0 saturated carbocycles. The fourth-order valence-corrected chi connectivity index (χ4v) is 4.05. The average Bonchev–Trinajstić information content (AvgIpc) is 2.85. The summed E-state index contributed by atoms with van der Waals surface area (Å²) in [4.78, 5) is 14.7. The molecule has 0 bridgehead atoms. The van der Waals surface area contributed by atoms with Crippen molar-refractivity contribution in [3.8, 4) is 0 Å². The van der Waals surface area contributed by atoms with Gasteiger partial charge in [0.15, 0.2) is 0 Å². The Hall–Kier alpha value is -0.390. The summed E-state index contributed by atoms with van der Waals surface area (Å²) < 4.78 is 1.07. The number of rotatable bonds is 3. The first-order chi connectivity index (χ1) is 7.95. The zero-order chi connectivity index (χ0) is 12.6. The zero-order valence-corrected chi connectivity index (χ0v) is 12.3. The van der Waals surface area contributed by atoms with E-state index in [1.54, 1.807) is 11.3 Å². The Kier molecular flexibility index (Phi) is 3.61. The summed E-state index contributed by atoms with van der Waals surface area (Å²) in [5.41, 5.74) is -0.712. The van der Waals surface area contributed by atoms with E-state index >= 15 is 0 Å². The average molecular weight is 318 g/mol. The maximum atomic E-state index is 11.4. The van der Waals surface area contributed by atoms with Crippen LogP contribution in [-0.4, -0.2) is 28.1 Å². The molecule has 2 heterocycles. The second kappa shape index (κ2) is 4.71. The van der Waals surface area contributed by atoms with Crippen molar-refractivity contribution in [2.24, 2.45) is 0 Å². The third-order valence-corrected chi connectivity index (χ3v) is 5.49. The Morgan fingerprint density at radius 1 is 1.71 bits per heavy atom. The largest absolute Gasteiger partial charge is 0.480 e. The fraction of sp³-hybridized carbons (Fsp3) is 0.583. The summed E-state index contributed by atoms with van der Waals surface area (Å²) in [5, 5.41) is 11.4. The van der Waals surface area contributed by atoms with E-state index in [1.807, 2.05) is 12.3 Å². The lowest BCUT2D eigenvalue weighted by atomic mass is 9.98. The molecule has 0 radical (unpaired) electrons. The van der Waals surface area contributed by atoms with Crippen LogP contribution in [-0.2, 0) is 4.79 Å². The predicted molar refractivity (Wildman–Crippen MR) is 72.4 cm³/mol. The third-order valence-electron chi connectivity index (χ3n) is 3.62. The second-order valence-corrected chi connectivity index (χ2v) is 6.58. The van der Waals surface area contributed by atoms with Gasteiger partial charge in [-0.05, 0) is 55.2 Å². The van der Waals surface area contributed by atoms with Crippen molar-refractivity contribution in [3.05, 3.63) is 20.8 Å². The van der Waals surface area contributed by atoms with Crippen molar-refractivity contribution in [3.63, 3.8) is 0 Å². The van der Waals surface area contributed by atoms with Crippen LogP contribution in [0.15, 0.2) is 15.9 Å². The number of hydrogen-bond acceptors (Lipinski definition) is 3. The van der Waals surface area contributed by atoms with E-state index in [9.17, 15) is 9.90 Å². The number of hydrogen-bond donors (Lipinski definition) is 1. The molecule has 1 fully saturated rings. The first-order valence-corrected chi connectivity index (χ1v) is 7.36. The van der Waals surface area contributed by atoms with Gasteiger partial charge in [0.05, 0.1) is 0 Å². The fourth-order valence-electron chi connectivity index (χ4n) is 2.54. The van der Waals surface area contributed by atoms with Crippen LogP contribution in [0.5, 0.6) is 0 Å². The highest BCUT2D eigenvalue weighted by atomic mass is 79.9. The molecule has 1 aliphatic rings. The highest BCUT2D eigenvalue weighted by molar-refractivity contribution is 9.10. The minimum absolute atomic E-state index is 0.162. The quantitative estimate of drug-likeness (QED) is 0.927. The first kappa shape index (κ1) is 13.1. The molecule has 2 atom stereocenters. The Morgan fingerprint density at radius 2 is 2.41 bits per heavy atom. The third kappa shape index (κ3) is 2.28. The zero-order valence-electron chi connectivity index (χ0n) is 9.94. The van der Waals surface area contributed by atoms with E-state index in [2.05, 4.69) is 33.8 Å². The van der Waals surface area contributed by atoms with Crippen LogP contribution in [0.1, 0.15) is 37.6 Å². The Labute approximate surface area is 114 Å². The summed E-state index contributed by atoms with van der Waals surface area (Å²) in [7, 11) is 0. The summed E-state index contributed by atoms with van der Waals surface area (Å²) in [6, 6.07) is 2.24. The number of carbonyl (C=O) groups is 1. The molecule has 2 rings (SSSR count). The molecule has 0 spiro atoms. The summed E-state index contributed by atoms with van der Waals surface area (Å²) in [5.74, 6) is -0.711. The van der Waals surface area contributed by atoms with Gasteiger partial charge in [0.25, 0.3) is 0 Å². The van der Waals surface area contributed by atoms with E-state index in [4.69, 9.17) is 0 Å². The minimum Gasteiger partial charge on any atom is -0.480 e. The van der Waals surface area contributed by atoms with Crippen LogP contribution in [0.2, 0.25) is 0 Å². The van der Waals surface area contributed by atoms with Gasteiger partial charge >= 0.3 is 5.97 Å². The van der Waals surface area contributed by atoms with Gasteiger partial charge in [0, 0.05) is 20.8 Å². The molecular weight excluding hydrogens is 302 g/mol. The van der Waals surface area contributed by atoms with E-state index in [-0.39, 0.29) is 6.04 Å². The first-order valence-electron chi connectivity index (χ1n) is 5.69. The smallest absolute Gasteiger partial charge is 0.323 e. The Balaban J connectivity index is 2.25. The molecule has 0 amide bonds. The van der Waals surface area contributed by atoms with Crippen molar-refractivity contribution >= 4 is 33.2 Å². The summed E-state index contributed by atoms with van der Waals surface area (Å²) in [6.07, 6.45) is 1.69. The van der Waals surface area contributed by atoms with Gasteiger partial charge in [-0.1, -0.05) is 0 Å². The van der Waals surface area contributed by atoms with Crippen LogP contribution in [0.3, 0.4) is 0 Å². The van der Waals surface area contributed by atoms with E-state index in [0.29, 0.717) is 0 Å². The highest BCUT2D eigenvalue weighted by Crippen LogP contribution is 2.39. The lowest BCUT2D eigenvalue weighted by Gasteiger charge is -2.35. The molecule has 1 N–H and O–H groups in total. The lowest BCUT2D eigenvalue weighted by Crippen LogP contribution is -2.48. The van der Waals surface area contributed by atoms with Crippen LogP contribution in [0.4, 0.5) is 0 Å². The normalized spacial score (nSPS) is 27.2. The van der Waals surface area contributed by atoms with Gasteiger partial charge in [-0.15, -0.1) is 11.3 Å². The molecule has 3 nitrogen and oxygen atoms in total. The van der Waals surface area contributed by atoms with E-state index < -0.39 is 11.5 Å². The molecule has 1 aromatic heterocycles. The number of nitrogens with zero attached hydrogens (tertiary/aromatic N) is 1. The van der Waals surface area contributed by atoms with Gasteiger partial charge in [0.2, 0.25) is 0 Å². The molecule has 2 unspecified atom stereocenters. The number of halogens is 1. The van der Waals surface area contributed by atoms with Gasteiger partial charge in [-0.2, -0.15) is 0 Å². The van der Waals surface area contributed by atoms with Gasteiger partial charge < -0.3 is 5.11 Å². The van der Waals surface area contributed by atoms with Gasteiger partial charge in [-0.25, -0.2) is 0 Å². The van der Waals surface area contributed by atoms with Crippen LogP contribution in [0.25, 0.3) is 0 Å². The molecule has 94 valence electrons. The molecule has 1 aliphatic heterocycles. The molecule has 5 heteroatoms. The van der Waals surface area contributed by atoms with E-state index in [1.165, 1.54) is 4.88 Å². The van der Waals surface area contributed by atoms with Crippen LogP contribution >= 0.6 is 27.3 Å². The van der Waals surface area contributed by atoms with Gasteiger partial charge in [0.1, 0.15) is 5.54 Å². The highest BCUT2D eigenvalue weighted by Gasteiger charge is 2.45.